The zero-order valence-corrected chi connectivity index (χ0v) is 20.3. The summed E-state index contributed by atoms with van der Waals surface area (Å²) in [6, 6.07) is 12.5. The van der Waals surface area contributed by atoms with E-state index in [1.165, 1.54) is 11.3 Å². The second-order valence-corrected chi connectivity index (χ2v) is 7.50. The molecule has 30 heavy (non-hydrogen) atoms. The third-order valence-corrected chi connectivity index (χ3v) is 5.04. The fourth-order valence-corrected chi connectivity index (χ4v) is 3.31. The lowest BCUT2D eigenvalue weighted by Crippen LogP contribution is -2.53. The molecule has 0 spiro atoms. The van der Waals surface area contributed by atoms with Crippen LogP contribution < -0.4 is 10.2 Å². The topological polar surface area (TPSA) is 64.3 Å². The number of nitrogens with zero attached hydrogens (tertiary/aromatic N) is 4. The minimum absolute atomic E-state index is 0. The maximum absolute atomic E-state index is 12.0. The van der Waals surface area contributed by atoms with Crippen LogP contribution in [0.2, 0.25) is 0 Å². The molecule has 0 bridgehead atoms. The number of carbonyl (C=O) groups is 1. The maximum Gasteiger partial charge on any atom is 0.243 e. The number of guanidine groups is 1. The summed E-state index contributed by atoms with van der Waals surface area (Å²) >= 11 is 0. The van der Waals surface area contributed by atoms with Crippen molar-refractivity contribution in [2.75, 3.05) is 58.3 Å². The van der Waals surface area contributed by atoms with Gasteiger partial charge in [-0.1, -0.05) is 12.1 Å². The molecule has 0 unspecified atom stereocenters. The van der Waals surface area contributed by atoms with Gasteiger partial charge in [0.25, 0.3) is 0 Å². The molecule has 1 aliphatic heterocycles. The highest BCUT2D eigenvalue weighted by Crippen LogP contribution is 2.17. The number of aryl methyl sites for hydroxylation is 1. The van der Waals surface area contributed by atoms with Crippen LogP contribution in [0.3, 0.4) is 0 Å². The summed E-state index contributed by atoms with van der Waals surface area (Å²) in [5.74, 6) is 1.72. The molecule has 2 heterocycles. The van der Waals surface area contributed by atoms with Gasteiger partial charge in [-0.15, -0.1) is 24.0 Å². The number of furan rings is 1. The number of nitrogens with one attached hydrogen (secondary N) is 1. The molecule has 3 rings (SSSR count). The van der Waals surface area contributed by atoms with Crippen LogP contribution in [0.25, 0.3) is 0 Å². The monoisotopic (exact) mass is 525 g/mol. The summed E-state index contributed by atoms with van der Waals surface area (Å²) in [6.45, 7) is 6.53. The summed E-state index contributed by atoms with van der Waals surface area (Å²) in [4.78, 5) is 22.8. The van der Waals surface area contributed by atoms with Crippen molar-refractivity contribution in [2.24, 2.45) is 4.99 Å². The van der Waals surface area contributed by atoms with Gasteiger partial charge in [-0.3, -0.25) is 4.79 Å². The van der Waals surface area contributed by atoms with Gasteiger partial charge in [0, 0.05) is 58.9 Å². The van der Waals surface area contributed by atoms with Crippen LogP contribution >= 0.6 is 24.0 Å². The van der Waals surface area contributed by atoms with E-state index in [1.807, 2.05) is 12.1 Å². The Balaban J connectivity index is 0.00000320. The van der Waals surface area contributed by atoms with Crippen LogP contribution in [0, 0.1) is 6.92 Å². The number of benzene rings is 1. The van der Waals surface area contributed by atoms with E-state index < -0.39 is 0 Å². The van der Waals surface area contributed by atoms with Crippen molar-refractivity contribution in [3.8, 4) is 0 Å². The van der Waals surface area contributed by atoms with E-state index in [0.29, 0.717) is 6.54 Å². The first kappa shape index (κ1) is 24.0. The third-order valence-electron chi connectivity index (χ3n) is 5.04. The van der Waals surface area contributed by atoms with Gasteiger partial charge in [0.05, 0.1) is 6.26 Å². The fraction of sp³-hybridized carbons (Fsp3) is 0.455. The Morgan fingerprint density at radius 1 is 1.17 bits per heavy atom. The van der Waals surface area contributed by atoms with E-state index in [9.17, 15) is 4.79 Å². The molecule has 1 N–H and O–H groups in total. The van der Waals surface area contributed by atoms with Crippen molar-refractivity contribution in [3.63, 3.8) is 0 Å². The second-order valence-electron chi connectivity index (χ2n) is 7.50. The number of likely N-dealkylation sites (N-methyl/N-ethyl adjacent to an activating group) is 1. The van der Waals surface area contributed by atoms with Crippen LogP contribution in [-0.2, 0) is 11.2 Å². The lowest BCUT2D eigenvalue weighted by atomic mass is 10.2. The van der Waals surface area contributed by atoms with Gasteiger partial charge in [0.2, 0.25) is 5.91 Å². The standard InChI is InChI=1S/C22H31N5O2.HI/c1-18-6-4-7-19(16-18)26-11-13-27(14-12-26)22(24-17-21(28)25(2)3)23-10-9-20-8-5-15-29-20;/h4-8,15-16H,9-14,17H2,1-3H3,(H,23,24);1H. The molecule has 1 fully saturated rings. The van der Waals surface area contributed by atoms with E-state index in [2.05, 4.69) is 51.3 Å². The molecule has 0 atom stereocenters. The summed E-state index contributed by atoms with van der Waals surface area (Å²) < 4.78 is 5.40. The number of carbonyl (C=O) groups excluding carboxylic acids is 1. The van der Waals surface area contributed by atoms with Gasteiger partial charge in [0.15, 0.2) is 5.96 Å². The first-order valence-corrected chi connectivity index (χ1v) is 10.1. The number of piperazine rings is 1. The van der Waals surface area contributed by atoms with E-state index in [0.717, 1.165) is 44.3 Å². The highest BCUT2D eigenvalue weighted by molar-refractivity contribution is 14.0. The first-order valence-electron chi connectivity index (χ1n) is 10.1. The quantitative estimate of drug-likeness (QED) is 0.357. The van der Waals surface area contributed by atoms with Crippen molar-refractivity contribution < 1.29 is 9.21 Å². The highest BCUT2D eigenvalue weighted by atomic mass is 127. The molecular formula is C22H32IN5O2. The van der Waals surface area contributed by atoms with Crippen LogP contribution in [0.4, 0.5) is 5.69 Å². The van der Waals surface area contributed by atoms with Crippen molar-refractivity contribution >= 4 is 41.5 Å². The molecule has 0 saturated carbocycles. The largest absolute Gasteiger partial charge is 0.469 e. The molecule has 1 aliphatic rings. The molecule has 0 radical (unpaired) electrons. The molecule has 1 aromatic carbocycles. The zero-order valence-electron chi connectivity index (χ0n) is 18.0. The van der Waals surface area contributed by atoms with Gasteiger partial charge in [-0.2, -0.15) is 0 Å². The number of aliphatic imine (C=N–C) groups is 1. The minimum atomic E-state index is -0.00580. The average Bonchev–Trinajstić information content (AvgIpc) is 3.24. The highest BCUT2D eigenvalue weighted by Gasteiger charge is 2.20. The predicted octanol–water partition coefficient (Wildman–Crippen LogP) is 2.60. The molecule has 1 saturated heterocycles. The van der Waals surface area contributed by atoms with E-state index >= 15 is 0 Å². The summed E-state index contributed by atoms with van der Waals surface area (Å²) in [5, 5.41) is 3.41. The number of rotatable bonds is 6. The van der Waals surface area contributed by atoms with Crippen molar-refractivity contribution in [1.29, 1.82) is 0 Å². The summed E-state index contributed by atoms with van der Waals surface area (Å²) in [5.41, 5.74) is 2.53. The second kappa shape index (κ2) is 11.8. The average molecular weight is 525 g/mol. The van der Waals surface area contributed by atoms with Crippen LogP contribution in [-0.4, -0.2) is 75.0 Å². The molecular weight excluding hydrogens is 493 g/mol. The number of hydrogen-bond acceptors (Lipinski definition) is 4. The Morgan fingerprint density at radius 3 is 2.57 bits per heavy atom. The number of anilines is 1. The molecule has 7 nitrogen and oxygen atoms in total. The van der Waals surface area contributed by atoms with Gasteiger partial charge < -0.3 is 24.4 Å². The summed E-state index contributed by atoms with van der Waals surface area (Å²) in [7, 11) is 3.50. The Bertz CT molecular complexity index is 815. The molecule has 164 valence electrons. The molecule has 8 heteroatoms. The Hall–Kier alpha value is -2.23. The number of amides is 1. The van der Waals surface area contributed by atoms with Crippen LogP contribution in [0.1, 0.15) is 11.3 Å². The van der Waals surface area contributed by atoms with Crippen molar-refractivity contribution in [3.05, 3.63) is 54.0 Å². The maximum atomic E-state index is 12.0. The lowest BCUT2D eigenvalue weighted by Gasteiger charge is -2.38. The molecule has 2 aromatic rings. The first-order chi connectivity index (χ1) is 14.0. The molecule has 0 aliphatic carbocycles. The number of halogens is 1. The SMILES string of the molecule is Cc1cccc(N2CCN(C(=NCC(=O)N(C)C)NCCc3ccco3)CC2)c1.I. The normalized spacial score (nSPS) is 14.3. The van der Waals surface area contributed by atoms with Gasteiger partial charge in [-0.25, -0.2) is 4.99 Å². The summed E-state index contributed by atoms with van der Waals surface area (Å²) in [6.07, 6.45) is 2.46. The third kappa shape index (κ3) is 6.93. The fourth-order valence-electron chi connectivity index (χ4n) is 3.31. The van der Waals surface area contributed by atoms with Crippen LogP contribution in [0.5, 0.6) is 0 Å². The van der Waals surface area contributed by atoms with E-state index in [-0.39, 0.29) is 36.4 Å². The van der Waals surface area contributed by atoms with E-state index in [4.69, 9.17) is 4.42 Å². The molecule has 1 aromatic heterocycles. The Labute approximate surface area is 196 Å². The van der Waals surface area contributed by atoms with Crippen molar-refractivity contribution in [1.82, 2.24) is 15.1 Å². The minimum Gasteiger partial charge on any atom is -0.469 e. The predicted molar refractivity (Wildman–Crippen MR) is 132 cm³/mol. The molecule has 1 amide bonds. The number of hydrogen-bond donors (Lipinski definition) is 1. The van der Waals surface area contributed by atoms with Crippen molar-refractivity contribution in [2.45, 2.75) is 13.3 Å². The smallest absolute Gasteiger partial charge is 0.243 e. The van der Waals surface area contributed by atoms with Gasteiger partial charge >= 0.3 is 0 Å². The van der Waals surface area contributed by atoms with Gasteiger partial charge in [-0.05, 0) is 36.8 Å². The van der Waals surface area contributed by atoms with Gasteiger partial charge in [0.1, 0.15) is 12.3 Å². The van der Waals surface area contributed by atoms with Crippen LogP contribution in [0.15, 0.2) is 52.1 Å². The lowest BCUT2D eigenvalue weighted by molar-refractivity contribution is -0.127. The Kier molecular flexibility index (Phi) is 9.48. The Morgan fingerprint density at radius 2 is 1.93 bits per heavy atom. The zero-order chi connectivity index (χ0) is 20.6. The van der Waals surface area contributed by atoms with E-state index in [1.54, 1.807) is 25.3 Å².